The van der Waals surface area contributed by atoms with Crippen LogP contribution in [0.5, 0.6) is 11.5 Å². The molecule has 16 heavy (non-hydrogen) atoms. The highest BCUT2D eigenvalue weighted by atomic mass is 16.5. The molecule has 1 aromatic carbocycles. The van der Waals surface area contributed by atoms with Crippen molar-refractivity contribution < 1.29 is 14.6 Å². The number of hydrogen-bond acceptors (Lipinski definition) is 4. The van der Waals surface area contributed by atoms with Gasteiger partial charge in [0.25, 0.3) is 0 Å². The van der Waals surface area contributed by atoms with Crippen LogP contribution < -0.4 is 15.2 Å². The summed E-state index contributed by atoms with van der Waals surface area (Å²) in [6, 6.07) is 1.54. The number of nitrogens with two attached hydrogens (primary N) is 1. The summed E-state index contributed by atoms with van der Waals surface area (Å²) in [7, 11) is 3.20. The molecule has 1 rings (SSSR count). The third-order valence-electron chi connectivity index (χ3n) is 2.71. The molecular weight excluding hydrogens is 206 g/mol. The average molecular weight is 225 g/mol. The van der Waals surface area contributed by atoms with Gasteiger partial charge in [-0.3, -0.25) is 0 Å². The monoisotopic (exact) mass is 225 g/mol. The second-order valence-corrected chi connectivity index (χ2v) is 3.76. The van der Waals surface area contributed by atoms with Gasteiger partial charge in [-0.2, -0.15) is 0 Å². The molecular formula is C12H19NO3. The molecule has 1 aromatic rings. The molecule has 0 aromatic heterocycles. The molecule has 0 spiro atoms. The van der Waals surface area contributed by atoms with Gasteiger partial charge in [-0.15, -0.1) is 0 Å². The smallest absolute Gasteiger partial charge is 0.164 e. The first-order chi connectivity index (χ1) is 7.56. The molecule has 0 saturated carbocycles. The standard InChI is InChI=1S/C12H19NO3/c1-7-5-9(10(13)6-14)8(2)12(16-4)11(7)15-3/h5,10,14H,6,13H2,1-4H3. The normalized spacial score (nSPS) is 12.4. The van der Waals surface area contributed by atoms with Gasteiger partial charge in [-0.25, -0.2) is 0 Å². The van der Waals surface area contributed by atoms with Crippen molar-refractivity contribution in [1.29, 1.82) is 0 Å². The number of rotatable bonds is 4. The maximum absolute atomic E-state index is 9.10. The van der Waals surface area contributed by atoms with Crippen LogP contribution in [0.3, 0.4) is 0 Å². The number of benzene rings is 1. The van der Waals surface area contributed by atoms with E-state index in [1.165, 1.54) is 0 Å². The highest BCUT2D eigenvalue weighted by Gasteiger charge is 2.17. The van der Waals surface area contributed by atoms with Crippen molar-refractivity contribution >= 4 is 0 Å². The van der Waals surface area contributed by atoms with E-state index in [1.54, 1.807) is 14.2 Å². The van der Waals surface area contributed by atoms with E-state index in [0.29, 0.717) is 11.5 Å². The summed E-state index contributed by atoms with van der Waals surface area (Å²) >= 11 is 0. The maximum Gasteiger partial charge on any atom is 0.164 e. The van der Waals surface area contributed by atoms with E-state index in [9.17, 15) is 0 Å². The quantitative estimate of drug-likeness (QED) is 0.811. The zero-order chi connectivity index (χ0) is 12.3. The Morgan fingerprint density at radius 2 is 1.81 bits per heavy atom. The Morgan fingerprint density at radius 1 is 1.25 bits per heavy atom. The largest absolute Gasteiger partial charge is 0.493 e. The van der Waals surface area contributed by atoms with Gasteiger partial charge in [0.15, 0.2) is 11.5 Å². The zero-order valence-corrected chi connectivity index (χ0v) is 10.2. The lowest BCUT2D eigenvalue weighted by Gasteiger charge is -2.19. The van der Waals surface area contributed by atoms with E-state index in [-0.39, 0.29) is 6.61 Å². The zero-order valence-electron chi connectivity index (χ0n) is 10.2. The Labute approximate surface area is 96.0 Å². The van der Waals surface area contributed by atoms with Crippen molar-refractivity contribution in [3.8, 4) is 11.5 Å². The number of ether oxygens (including phenoxy) is 2. The number of hydrogen-bond donors (Lipinski definition) is 2. The molecule has 0 aliphatic rings. The molecule has 4 nitrogen and oxygen atoms in total. The summed E-state index contributed by atoms with van der Waals surface area (Å²) in [5.41, 5.74) is 8.58. The van der Waals surface area contributed by atoms with Crippen LogP contribution in [0.25, 0.3) is 0 Å². The van der Waals surface area contributed by atoms with Gasteiger partial charge in [0.05, 0.1) is 26.9 Å². The van der Waals surface area contributed by atoms with Crippen LogP contribution in [0.2, 0.25) is 0 Å². The van der Waals surface area contributed by atoms with Crippen LogP contribution in [-0.2, 0) is 0 Å². The molecule has 0 amide bonds. The molecule has 0 aliphatic carbocycles. The first-order valence-electron chi connectivity index (χ1n) is 5.15. The van der Waals surface area contributed by atoms with Crippen LogP contribution in [0.1, 0.15) is 22.7 Å². The predicted molar refractivity (Wildman–Crippen MR) is 63.0 cm³/mol. The summed E-state index contributed by atoms with van der Waals surface area (Å²) in [5.74, 6) is 1.40. The summed E-state index contributed by atoms with van der Waals surface area (Å²) < 4.78 is 10.6. The average Bonchev–Trinajstić information content (AvgIpc) is 2.29. The Kier molecular flexibility index (Phi) is 4.15. The van der Waals surface area contributed by atoms with Crippen LogP contribution in [0.4, 0.5) is 0 Å². The van der Waals surface area contributed by atoms with Gasteiger partial charge in [0.1, 0.15) is 0 Å². The summed E-state index contributed by atoms with van der Waals surface area (Å²) in [6.07, 6.45) is 0. The third-order valence-corrected chi connectivity index (χ3v) is 2.71. The van der Waals surface area contributed by atoms with Crippen LogP contribution >= 0.6 is 0 Å². The Hall–Kier alpha value is -1.26. The molecule has 0 heterocycles. The molecule has 0 saturated heterocycles. The van der Waals surface area contributed by atoms with Gasteiger partial charge >= 0.3 is 0 Å². The van der Waals surface area contributed by atoms with Crippen LogP contribution in [0.15, 0.2) is 6.07 Å². The minimum absolute atomic E-state index is 0.0875. The molecule has 3 N–H and O–H groups in total. The van der Waals surface area contributed by atoms with E-state index in [1.807, 2.05) is 19.9 Å². The number of aliphatic hydroxyl groups is 1. The number of methoxy groups -OCH3 is 2. The molecule has 0 fully saturated rings. The Morgan fingerprint density at radius 3 is 2.25 bits per heavy atom. The van der Waals surface area contributed by atoms with Crippen molar-refractivity contribution in [3.63, 3.8) is 0 Å². The topological polar surface area (TPSA) is 64.7 Å². The van der Waals surface area contributed by atoms with Crippen molar-refractivity contribution in [2.75, 3.05) is 20.8 Å². The summed E-state index contributed by atoms with van der Waals surface area (Å²) in [6.45, 7) is 3.75. The van der Waals surface area contributed by atoms with Gasteiger partial charge in [0, 0.05) is 0 Å². The van der Waals surface area contributed by atoms with Crippen molar-refractivity contribution in [1.82, 2.24) is 0 Å². The van der Waals surface area contributed by atoms with Crippen molar-refractivity contribution in [3.05, 3.63) is 22.8 Å². The summed E-state index contributed by atoms with van der Waals surface area (Å²) in [5, 5.41) is 9.10. The van der Waals surface area contributed by atoms with Crippen molar-refractivity contribution in [2.45, 2.75) is 19.9 Å². The Bertz CT molecular complexity index is 377. The number of aliphatic hydroxyl groups excluding tert-OH is 1. The first-order valence-corrected chi connectivity index (χ1v) is 5.15. The van der Waals surface area contributed by atoms with Gasteiger partial charge in [0.2, 0.25) is 0 Å². The lowest BCUT2D eigenvalue weighted by molar-refractivity contribution is 0.267. The molecule has 1 unspecified atom stereocenters. The second-order valence-electron chi connectivity index (χ2n) is 3.76. The molecule has 0 bridgehead atoms. The fourth-order valence-corrected chi connectivity index (χ4v) is 1.87. The maximum atomic E-state index is 9.10. The summed E-state index contributed by atoms with van der Waals surface area (Å²) in [4.78, 5) is 0. The van der Waals surface area contributed by atoms with E-state index < -0.39 is 6.04 Å². The molecule has 90 valence electrons. The van der Waals surface area contributed by atoms with Gasteiger partial charge in [-0.05, 0) is 30.5 Å². The minimum atomic E-state index is -0.390. The van der Waals surface area contributed by atoms with E-state index >= 15 is 0 Å². The van der Waals surface area contributed by atoms with E-state index in [2.05, 4.69) is 0 Å². The minimum Gasteiger partial charge on any atom is -0.493 e. The first kappa shape index (κ1) is 12.8. The van der Waals surface area contributed by atoms with Crippen molar-refractivity contribution in [2.24, 2.45) is 5.73 Å². The lowest BCUT2D eigenvalue weighted by Crippen LogP contribution is -2.16. The fraction of sp³-hybridized carbons (Fsp3) is 0.500. The second kappa shape index (κ2) is 5.18. The molecule has 0 aliphatic heterocycles. The predicted octanol–water partition coefficient (Wildman–Crippen LogP) is 1.31. The molecule has 4 heteroatoms. The van der Waals surface area contributed by atoms with Gasteiger partial charge in [-0.1, -0.05) is 6.07 Å². The van der Waals surface area contributed by atoms with Crippen LogP contribution in [-0.4, -0.2) is 25.9 Å². The van der Waals surface area contributed by atoms with E-state index in [4.69, 9.17) is 20.3 Å². The molecule has 0 radical (unpaired) electrons. The van der Waals surface area contributed by atoms with Crippen LogP contribution in [0, 0.1) is 13.8 Å². The van der Waals surface area contributed by atoms with Gasteiger partial charge < -0.3 is 20.3 Å². The SMILES string of the molecule is COc1c(C)cc(C(N)CO)c(C)c1OC. The Balaban J connectivity index is 3.39. The molecule has 1 atom stereocenters. The highest BCUT2D eigenvalue weighted by Crippen LogP contribution is 2.37. The lowest BCUT2D eigenvalue weighted by atomic mass is 9.98. The number of aryl methyl sites for hydroxylation is 1. The highest BCUT2D eigenvalue weighted by molar-refractivity contribution is 5.55. The third kappa shape index (κ3) is 2.13. The fourth-order valence-electron chi connectivity index (χ4n) is 1.87. The van der Waals surface area contributed by atoms with E-state index in [0.717, 1.165) is 16.7 Å².